The maximum atomic E-state index is 13.6. The Morgan fingerprint density at radius 2 is 2.12 bits per heavy atom. The molecule has 1 aromatic heterocycles. The third-order valence-corrected chi connectivity index (χ3v) is 3.65. The number of carbonyl (C=O) groups excluding carboxylic acids is 2. The average molecular weight is 368 g/mol. The molecule has 1 aromatic carbocycles. The van der Waals surface area contributed by atoms with E-state index in [4.69, 9.17) is 9.15 Å². The van der Waals surface area contributed by atoms with Crippen LogP contribution in [0, 0.1) is 5.82 Å². The van der Waals surface area contributed by atoms with Crippen molar-refractivity contribution in [3.8, 4) is 5.75 Å². The molecule has 0 aliphatic carbocycles. The summed E-state index contributed by atoms with van der Waals surface area (Å²) in [5, 5.41) is 12.3. The number of imide groups is 1. The Bertz CT molecular complexity index is 740. The maximum absolute atomic E-state index is 13.6. The first-order chi connectivity index (χ1) is 12.0. The highest BCUT2D eigenvalue weighted by Crippen LogP contribution is 2.25. The molecule has 0 aliphatic rings. The Hall–Kier alpha value is -2.62. The first-order valence-corrected chi connectivity index (χ1v) is 8.43. The van der Waals surface area contributed by atoms with Gasteiger partial charge in [-0.2, -0.15) is 0 Å². The summed E-state index contributed by atoms with van der Waals surface area (Å²) in [4.78, 5) is 22.8. The maximum Gasteiger partial charge on any atom is 0.321 e. The van der Waals surface area contributed by atoms with Gasteiger partial charge in [0.1, 0.15) is 0 Å². The van der Waals surface area contributed by atoms with E-state index >= 15 is 0 Å². The van der Waals surface area contributed by atoms with E-state index in [0.717, 1.165) is 11.8 Å². The molecule has 2 aromatic rings. The van der Waals surface area contributed by atoms with Crippen molar-refractivity contribution < 1.29 is 23.1 Å². The fraction of sp³-hybridized carbons (Fsp3) is 0.333. The Morgan fingerprint density at radius 1 is 1.36 bits per heavy atom. The quantitative estimate of drug-likeness (QED) is 0.722. The van der Waals surface area contributed by atoms with Crippen LogP contribution < -0.4 is 15.4 Å². The molecule has 134 valence electrons. The summed E-state index contributed by atoms with van der Waals surface area (Å²) >= 11 is 0.974. The molecule has 3 amide bonds. The molecule has 0 radical (unpaired) electrons. The molecular weight excluding hydrogens is 351 g/mol. The van der Waals surface area contributed by atoms with E-state index in [1.54, 1.807) is 26.0 Å². The van der Waals surface area contributed by atoms with Crippen LogP contribution >= 0.6 is 11.8 Å². The van der Waals surface area contributed by atoms with E-state index in [9.17, 15) is 14.0 Å². The Kier molecular flexibility index (Phi) is 6.75. The number of nitrogens with one attached hydrogen (secondary N) is 2. The fourth-order valence-electron chi connectivity index (χ4n) is 1.72. The van der Waals surface area contributed by atoms with Crippen LogP contribution in [0.4, 0.5) is 9.18 Å². The van der Waals surface area contributed by atoms with Gasteiger partial charge in [-0.3, -0.25) is 10.1 Å². The van der Waals surface area contributed by atoms with Gasteiger partial charge in [0.15, 0.2) is 17.7 Å². The van der Waals surface area contributed by atoms with E-state index in [1.165, 1.54) is 12.1 Å². The van der Waals surface area contributed by atoms with Gasteiger partial charge in [0.25, 0.3) is 11.1 Å². The van der Waals surface area contributed by atoms with Crippen molar-refractivity contribution in [1.29, 1.82) is 0 Å². The number of benzene rings is 1. The van der Waals surface area contributed by atoms with Crippen molar-refractivity contribution >= 4 is 23.7 Å². The van der Waals surface area contributed by atoms with Gasteiger partial charge < -0.3 is 14.5 Å². The number of nitrogens with zero attached hydrogens (tertiary/aromatic N) is 2. The van der Waals surface area contributed by atoms with Gasteiger partial charge in [0.2, 0.25) is 5.91 Å². The summed E-state index contributed by atoms with van der Waals surface area (Å²) in [7, 11) is 0. The Labute approximate surface area is 147 Å². The predicted octanol–water partition coefficient (Wildman–Crippen LogP) is 2.29. The van der Waals surface area contributed by atoms with Gasteiger partial charge in [-0.15, -0.1) is 10.2 Å². The predicted molar refractivity (Wildman–Crippen MR) is 87.7 cm³/mol. The van der Waals surface area contributed by atoms with Crippen molar-refractivity contribution in [2.45, 2.75) is 25.2 Å². The highest BCUT2D eigenvalue weighted by Gasteiger charge is 2.18. The van der Waals surface area contributed by atoms with Crippen LogP contribution in [0.25, 0.3) is 0 Å². The van der Waals surface area contributed by atoms with E-state index < -0.39 is 23.9 Å². The van der Waals surface area contributed by atoms with Crippen LogP contribution in [0.15, 0.2) is 33.9 Å². The van der Waals surface area contributed by atoms with E-state index in [1.807, 2.05) is 0 Å². The molecular formula is C15H17FN4O4S. The number of rotatable bonds is 7. The number of halogens is 1. The molecule has 8 nitrogen and oxygen atoms in total. The molecule has 10 heteroatoms. The molecule has 2 N–H and O–H groups in total. The number of thioether (sulfide) groups is 1. The van der Waals surface area contributed by atoms with Crippen LogP contribution in [0.3, 0.4) is 0 Å². The van der Waals surface area contributed by atoms with Gasteiger partial charge in [0, 0.05) is 6.54 Å². The van der Waals surface area contributed by atoms with Crippen LogP contribution in [0.1, 0.15) is 25.8 Å². The zero-order valence-electron chi connectivity index (χ0n) is 13.6. The van der Waals surface area contributed by atoms with Crippen molar-refractivity contribution in [3.63, 3.8) is 0 Å². The lowest BCUT2D eigenvalue weighted by Crippen LogP contribution is -2.40. The van der Waals surface area contributed by atoms with Gasteiger partial charge in [-0.1, -0.05) is 23.9 Å². The second kappa shape index (κ2) is 9.02. The van der Waals surface area contributed by atoms with Crippen molar-refractivity contribution in [2.75, 3.05) is 12.3 Å². The normalized spacial score (nSPS) is 11.6. The third-order valence-electron chi connectivity index (χ3n) is 2.83. The summed E-state index contributed by atoms with van der Waals surface area (Å²) < 4.78 is 24.4. The summed E-state index contributed by atoms with van der Waals surface area (Å²) in [5.74, 6) is -0.836. The van der Waals surface area contributed by atoms with E-state index in [-0.39, 0.29) is 22.6 Å². The highest BCUT2D eigenvalue weighted by atomic mass is 32.2. The first kappa shape index (κ1) is 18.7. The number of aromatic nitrogens is 2. The summed E-state index contributed by atoms with van der Waals surface area (Å²) in [6.45, 7) is 3.79. The van der Waals surface area contributed by atoms with E-state index in [0.29, 0.717) is 6.54 Å². The number of carbonyl (C=O) groups is 2. The number of hydrogen-bond donors (Lipinski definition) is 2. The monoisotopic (exact) mass is 368 g/mol. The zero-order chi connectivity index (χ0) is 18.2. The molecule has 0 bridgehead atoms. The standard InChI is InChI=1S/C15H17FN4O4S/c1-3-17-14(22)18-12(21)8-25-15-20-19-13(24-15)9(2)23-11-7-5-4-6-10(11)16/h4-7,9H,3,8H2,1-2H3,(H2,17,18,21,22)/t9-/m0/s1. The van der Waals surface area contributed by atoms with Gasteiger partial charge in [-0.25, -0.2) is 9.18 Å². The first-order valence-electron chi connectivity index (χ1n) is 7.44. The lowest BCUT2D eigenvalue weighted by molar-refractivity contribution is -0.117. The Balaban J connectivity index is 1.86. The van der Waals surface area contributed by atoms with Crippen molar-refractivity contribution in [3.05, 3.63) is 36.0 Å². The van der Waals surface area contributed by atoms with Crippen molar-refractivity contribution in [1.82, 2.24) is 20.8 Å². The number of amides is 3. The van der Waals surface area contributed by atoms with Gasteiger partial charge >= 0.3 is 6.03 Å². The molecule has 0 fully saturated rings. The van der Waals surface area contributed by atoms with E-state index in [2.05, 4.69) is 20.8 Å². The SMILES string of the molecule is CCNC(=O)NC(=O)CSc1nnc([C@H](C)Oc2ccccc2F)o1. The van der Waals surface area contributed by atoms with Gasteiger partial charge in [-0.05, 0) is 26.0 Å². The highest BCUT2D eigenvalue weighted by molar-refractivity contribution is 7.99. The topological polar surface area (TPSA) is 106 Å². The second-order valence-corrected chi connectivity index (χ2v) is 5.72. The number of ether oxygens (including phenoxy) is 1. The molecule has 1 atom stereocenters. The molecule has 25 heavy (non-hydrogen) atoms. The van der Waals surface area contributed by atoms with Crippen molar-refractivity contribution in [2.24, 2.45) is 0 Å². The molecule has 1 heterocycles. The lowest BCUT2D eigenvalue weighted by Gasteiger charge is -2.11. The molecule has 0 saturated heterocycles. The molecule has 0 unspecified atom stereocenters. The molecule has 0 spiro atoms. The van der Waals surface area contributed by atoms with Crippen LogP contribution in [-0.4, -0.2) is 34.4 Å². The largest absolute Gasteiger partial charge is 0.478 e. The minimum atomic E-state index is -0.664. The summed E-state index contributed by atoms with van der Waals surface area (Å²) in [5.41, 5.74) is 0. The van der Waals surface area contributed by atoms with Crippen LogP contribution in [-0.2, 0) is 4.79 Å². The third kappa shape index (κ3) is 5.75. The lowest BCUT2D eigenvalue weighted by atomic mass is 10.3. The zero-order valence-corrected chi connectivity index (χ0v) is 14.4. The minimum absolute atomic E-state index is 0.0681. The number of para-hydroxylation sites is 1. The smallest absolute Gasteiger partial charge is 0.321 e. The summed E-state index contributed by atoms with van der Waals surface area (Å²) in [6, 6.07) is 5.41. The molecule has 2 rings (SSSR count). The number of urea groups is 1. The van der Waals surface area contributed by atoms with Crippen LogP contribution in [0.2, 0.25) is 0 Å². The van der Waals surface area contributed by atoms with Gasteiger partial charge in [0.05, 0.1) is 5.75 Å². The molecule has 0 saturated carbocycles. The molecule has 0 aliphatic heterocycles. The average Bonchev–Trinajstić information content (AvgIpc) is 3.04. The summed E-state index contributed by atoms with van der Waals surface area (Å²) in [6.07, 6.45) is -0.664. The van der Waals surface area contributed by atoms with Crippen LogP contribution in [0.5, 0.6) is 5.75 Å². The number of hydrogen-bond acceptors (Lipinski definition) is 7. The fourth-order valence-corrected chi connectivity index (χ4v) is 2.29. The minimum Gasteiger partial charge on any atom is -0.478 e. The Morgan fingerprint density at radius 3 is 2.84 bits per heavy atom. The second-order valence-electron chi connectivity index (χ2n) is 4.79.